The number of aromatic nitrogens is 4. The summed E-state index contributed by atoms with van der Waals surface area (Å²) in [5.41, 5.74) is 4.00. The largest absolute Gasteiger partial charge is 0.361 e. The highest BCUT2D eigenvalue weighted by molar-refractivity contribution is 7.98. The van der Waals surface area contributed by atoms with E-state index in [1.165, 1.54) is 0 Å². The van der Waals surface area contributed by atoms with Crippen LogP contribution < -0.4 is 5.32 Å². The van der Waals surface area contributed by atoms with Gasteiger partial charge in [0.1, 0.15) is 5.76 Å². The van der Waals surface area contributed by atoms with Gasteiger partial charge in [0.2, 0.25) is 0 Å². The number of nitrogens with zero attached hydrogens (tertiary/aromatic N) is 4. The van der Waals surface area contributed by atoms with Crippen LogP contribution >= 0.6 is 11.8 Å². The number of fused-ring (bicyclic) bond motifs is 1. The molecule has 0 saturated carbocycles. The third-order valence-electron chi connectivity index (χ3n) is 4.87. The van der Waals surface area contributed by atoms with E-state index < -0.39 is 0 Å². The number of anilines is 1. The first-order valence-corrected chi connectivity index (χ1v) is 10.7. The molecule has 3 aromatic heterocycles. The van der Waals surface area contributed by atoms with Gasteiger partial charge in [-0.3, -0.25) is 4.79 Å². The minimum atomic E-state index is -0.172. The minimum absolute atomic E-state index is 0.172. The number of hydrogen-bond donors (Lipinski definition) is 1. The van der Waals surface area contributed by atoms with Crippen LogP contribution in [-0.4, -0.2) is 25.8 Å². The fraction of sp³-hybridized carbons (Fsp3) is 0.273. The van der Waals surface area contributed by atoms with Crippen LogP contribution in [-0.2, 0) is 5.75 Å². The molecule has 8 heteroatoms. The Bertz CT molecular complexity index is 1190. The Hall–Kier alpha value is -3.13. The Morgan fingerprint density at radius 3 is 2.77 bits per heavy atom. The van der Waals surface area contributed by atoms with E-state index in [4.69, 9.17) is 4.52 Å². The van der Waals surface area contributed by atoms with Crippen LogP contribution in [0.3, 0.4) is 0 Å². The Morgan fingerprint density at radius 1 is 1.23 bits per heavy atom. The van der Waals surface area contributed by atoms with Crippen molar-refractivity contribution in [1.29, 1.82) is 0 Å². The number of aryl methyl sites for hydroxylation is 2. The molecular formula is C22H23N5O2S. The predicted molar refractivity (Wildman–Crippen MR) is 118 cm³/mol. The number of hydrogen-bond acceptors (Lipinski definition) is 6. The molecule has 0 spiro atoms. The zero-order chi connectivity index (χ0) is 21.3. The Kier molecular flexibility index (Phi) is 5.59. The van der Waals surface area contributed by atoms with E-state index in [-0.39, 0.29) is 11.9 Å². The summed E-state index contributed by atoms with van der Waals surface area (Å²) in [6.07, 6.45) is 3.44. The minimum Gasteiger partial charge on any atom is -0.361 e. The van der Waals surface area contributed by atoms with E-state index in [0.29, 0.717) is 17.0 Å². The second-order valence-corrected chi connectivity index (χ2v) is 8.38. The molecule has 1 N–H and O–H groups in total. The van der Waals surface area contributed by atoms with Gasteiger partial charge in [-0.2, -0.15) is 5.10 Å². The summed E-state index contributed by atoms with van der Waals surface area (Å²) in [5.74, 6) is 1.32. The van der Waals surface area contributed by atoms with E-state index >= 15 is 0 Å². The van der Waals surface area contributed by atoms with Gasteiger partial charge in [-0.05, 0) is 45.9 Å². The maximum absolute atomic E-state index is 13.0. The van der Waals surface area contributed by atoms with Crippen LogP contribution in [0.5, 0.6) is 0 Å². The molecule has 0 radical (unpaired) electrons. The van der Waals surface area contributed by atoms with Crippen molar-refractivity contribution in [3.8, 4) is 0 Å². The number of carbonyl (C=O) groups is 1. The second-order valence-electron chi connectivity index (χ2n) is 7.36. The lowest BCUT2D eigenvalue weighted by atomic mass is 10.2. The molecule has 4 rings (SSSR count). The van der Waals surface area contributed by atoms with Gasteiger partial charge in [0.05, 0.1) is 29.3 Å². The highest BCUT2D eigenvalue weighted by Gasteiger charge is 2.15. The molecule has 0 saturated heterocycles. The van der Waals surface area contributed by atoms with Crippen molar-refractivity contribution < 1.29 is 9.32 Å². The smallest absolute Gasteiger partial charge is 0.256 e. The molecule has 154 valence electrons. The average Bonchev–Trinajstić information content (AvgIpc) is 3.29. The number of carbonyl (C=O) groups excluding carboxylic acids is 1. The van der Waals surface area contributed by atoms with Gasteiger partial charge < -0.3 is 9.84 Å². The van der Waals surface area contributed by atoms with Crippen molar-refractivity contribution in [1.82, 2.24) is 19.9 Å². The van der Waals surface area contributed by atoms with Gasteiger partial charge in [0, 0.05) is 27.6 Å². The third-order valence-corrected chi connectivity index (χ3v) is 5.97. The van der Waals surface area contributed by atoms with Gasteiger partial charge in [0.25, 0.3) is 5.91 Å². The van der Waals surface area contributed by atoms with E-state index in [0.717, 1.165) is 32.9 Å². The Balaban J connectivity index is 1.53. The first-order valence-electron chi connectivity index (χ1n) is 9.72. The second kappa shape index (κ2) is 8.31. The lowest BCUT2D eigenvalue weighted by molar-refractivity contribution is 0.102. The summed E-state index contributed by atoms with van der Waals surface area (Å²) in [4.78, 5) is 18.4. The number of pyridine rings is 1. The van der Waals surface area contributed by atoms with Crippen LogP contribution in [0.2, 0.25) is 0 Å². The summed E-state index contributed by atoms with van der Waals surface area (Å²) in [6.45, 7) is 7.94. The fourth-order valence-electron chi connectivity index (χ4n) is 3.22. The van der Waals surface area contributed by atoms with Crippen molar-refractivity contribution in [2.45, 2.75) is 44.4 Å². The van der Waals surface area contributed by atoms with Crippen molar-refractivity contribution >= 4 is 34.4 Å². The van der Waals surface area contributed by atoms with Gasteiger partial charge in [-0.25, -0.2) is 9.67 Å². The van der Waals surface area contributed by atoms with Crippen LogP contribution in [0.4, 0.5) is 5.69 Å². The summed E-state index contributed by atoms with van der Waals surface area (Å²) in [7, 11) is 0. The van der Waals surface area contributed by atoms with Gasteiger partial charge in [0.15, 0.2) is 5.65 Å². The SMILES string of the molecule is Cc1noc(C)c1CSc1ccccc1C(=O)Nc1cnc2c(cnn2C(C)C)c1. The number of benzene rings is 1. The summed E-state index contributed by atoms with van der Waals surface area (Å²) in [6, 6.07) is 9.69. The highest BCUT2D eigenvalue weighted by atomic mass is 32.2. The van der Waals surface area contributed by atoms with Gasteiger partial charge >= 0.3 is 0 Å². The van der Waals surface area contributed by atoms with Crippen molar-refractivity contribution in [3.63, 3.8) is 0 Å². The standard InChI is InChI=1S/C22H23N5O2S/c1-13(2)27-21-16(10-24-27)9-17(11-23-21)25-22(28)18-7-5-6-8-20(18)30-12-19-14(3)26-29-15(19)4/h5-11,13H,12H2,1-4H3,(H,25,28). The molecular weight excluding hydrogens is 398 g/mol. The van der Waals surface area contributed by atoms with E-state index in [1.54, 1.807) is 24.2 Å². The first kappa shape index (κ1) is 20.2. The molecule has 0 fully saturated rings. The van der Waals surface area contributed by atoms with Crippen LogP contribution in [0, 0.1) is 13.8 Å². The van der Waals surface area contributed by atoms with Crippen molar-refractivity contribution in [2.75, 3.05) is 5.32 Å². The number of rotatable bonds is 6. The molecule has 0 bridgehead atoms. The van der Waals surface area contributed by atoms with E-state index in [1.807, 2.05) is 48.9 Å². The average molecular weight is 422 g/mol. The van der Waals surface area contributed by atoms with Crippen molar-refractivity contribution in [2.24, 2.45) is 0 Å². The topological polar surface area (TPSA) is 85.8 Å². The van der Waals surface area contributed by atoms with Crippen LogP contribution in [0.15, 0.2) is 52.1 Å². The van der Waals surface area contributed by atoms with Crippen LogP contribution in [0.1, 0.15) is 47.3 Å². The molecule has 0 atom stereocenters. The first-order chi connectivity index (χ1) is 14.4. The third kappa shape index (κ3) is 3.95. The van der Waals surface area contributed by atoms with E-state index in [2.05, 4.69) is 34.4 Å². The monoisotopic (exact) mass is 421 g/mol. The zero-order valence-corrected chi connectivity index (χ0v) is 18.2. The maximum Gasteiger partial charge on any atom is 0.256 e. The van der Waals surface area contributed by atoms with Crippen molar-refractivity contribution in [3.05, 3.63) is 65.3 Å². The normalized spacial score (nSPS) is 11.4. The molecule has 0 aliphatic carbocycles. The Morgan fingerprint density at radius 2 is 2.03 bits per heavy atom. The lowest BCUT2D eigenvalue weighted by Gasteiger charge is -2.10. The van der Waals surface area contributed by atoms with E-state index in [9.17, 15) is 4.79 Å². The molecule has 0 unspecified atom stereocenters. The number of nitrogens with one attached hydrogen (secondary N) is 1. The maximum atomic E-state index is 13.0. The Labute approximate surface area is 178 Å². The van der Waals surface area contributed by atoms with Gasteiger partial charge in [-0.15, -0.1) is 11.8 Å². The number of amides is 1. The zero-order valence-electron chi connectivity index (χ0n) is 17.3. The highest BCUT2D eigenvalue weighted by Crippen LogP contribution is 2.29. The molecule has 0 aliphatic heterocycles. The quantitative estimate of drug-likeness (QED) is 0.433. The molecule has 4 aromatic rings. The molecule has 1 amide bonds. The molecule has 3 heterocycles. The molecule has 1 aromatic carbocycles. The fourth-order valence-corrected chi connectivity index (χ4v) is 4.43. The lowest BCUT2D eigenvalue weighted by Crippen LogP contribution is -2.13. The summed E-state index contributed by atoms with van der Waals surface area (Å²) in [5, 5.41) is 12.2. The molecule has 30 heavy (non-hydrogen) atoms. The summed E-state index contributed by atoms with van der Waals surface area (Å²) >= 11 is 1.59. The molecule has 0 aliphatic rings. The molecule has 7 nitrogen and oxygen atoms in total. The summed E-state index contributed by atoms with van der Waals surface area (Å²) < 4.78 is 7.10. The van der Waals surface area contributed by atoms with Gasteiger partial charge in [-0.1, -0.05) is 17.3 Å². The number of thioether (sulfide) groups is 1. The predicted octanol–water partition coefficient (Wildman–Crippen LogP) is 5.16. The van der Waals surface area contributed by atoms with Crippen LogP contribution in [0.25, 0.3) is 11.0 Å².